The lowest BCUT2D eigenvalue weighted by molar-refractivity contribution is 0.399. The van der Waals surface area contributed by atoms with Crippen molar-refractivity contribution in [2.75, 3.05) is 7.11 Å². The van der Waals surface area contributed by atoms with Crippen LogP contribution in [0.5, 0.6) is 11.5 Å². The fourth-order valence-electron chi connectivity index (χ4n) is 2.35. The molecule has 88 valence electrons. The Morgan fingerprint density at radius 1 is 1.24 bits per heavy atom. The van der Waals surface area contributed by atoms with Crippen LogP contribution in [0.25, 0.3) is 6.08 Å². The first-order valence-corrected chi connectivity index (χ1v) is 6.14. The summed E-state index contributed by atoms with van der Waals surface area (Å²) in [6, 6.07) is 5.99. The molecule has 1 heterocycles. The third-order valence-electron chi connectivity index (χ3n) is 3.32. The van der Waals surface area contributed by atoms with E-state index in [2.05, 4.69) is 18.2 Å². The van der Waals surface area contributed by atoms with Gasteiger partial charge in [-0.1, -0.05) is 0 Å². The Kier molecular flexibility index (Phi) is 2.63. The van der Waals surface area contributed by atoms with Gasteiger partial charge in [0, 0.05) is 11.6 Å². The van der Waals surface area contributed by atoms with E-state index in [4.69, 9.17) is 9.47 Å². The summed E-state index contributed by atoms with van der Waals surface area (Å²) in [6.07, 6.45) is 9.20. The average molecular weight is 228 g/mol. The highest BCUT2D eigenvalue weighted by molar-refractivity contribution is 5.67. The summed E-state index contributed by atoms with van der Waals surface area (Å²) in [6.45, 7) is 0. The van der Waals surface area contributed by atoms with E-state index in [0.717, 1.165) is 35.7 Å². The van der Waals surface area contributed by atoms with Crippen molar-refractivity contribution in [3.05, 3.63) is 41.2 Å². The maximum absolute atomic E-state index is 5.97. The molecule has 2 heteroatoms. The van der Waals surface area contributed by atoms with Gasteiger partial charge in [0.25, 0.3) is 0 Å². The summed E-state index contributed by atoms with van der Waals surface area (Å²) < 4.78 is 11.2. The molecule has 0 saturated carbocycles. The molecular formula is C15H16O2. The standard InChI is InChI=1S/C15H16O2/c1-16-13-8-7-12-9-11-5-3-2-4-6-14(11)17-15(12)10-13/h6-10H,2-5H2,1H3. The van der Waals surface area contributed by atoms with Crippen LogP contribution in [0.4, 0.5) is 0 Å². The molecule has 0 radical (unpaired) electrons. The van der Waals surface area contributed by atoms with Gasteiger partial charge in [0.2, 0.25) is 0 Å². The molecule has 17 heavy (non-hydrogen) atoms. The maximum Gasteiger partial charge on any atom is 0.138 e. The van der Waals surface area contributed by atoms with Gasteiger partial charge in [-0.25, -0.2) is 0 Å². The third-order valence-corrected chi connectivity index (χ3v) is 3.32. The minimum absolute atomic E-state index is 0.842. The second-order valence-corrected chi connectivity index (χ2v) is 4.49. The molecule has 2 aliphatic rings. The molecule has 3 rings (SSSR count). The fraction of sp³-hybridized carbons (Fsp3) is 0.333. The van der Waals surface area contributed by atoms with Crippen LogP contribution in [0.3, 0.4) is 0 Å². The molecule has 0 amide bonds. The van der Waals surface area contributed by atoms with Crippen LogP contribution in [0.15, 0.2) is 35.6 Å². The summed E-state index contributed by atoms with van der Waals surface area (Å²) in [4.78, 5) is 0. The lowest BCUT2D eigenvalue weighted by Gasteiger charge is -2.20. The largest absolute Gasteiger partial charge is 0.497 e. The van der Waals surface area contributed by atoms with E-state index in [1.54, 1.807) is 7.11 Å². The zero-order valence-electron chi connectivity index (χ0n) is 10.0. The van der Waals surface area contributed by atoms with Gasteiger partial charge in [-0.2, -0.15) is 0 Å². The molecular weight excluding hydrogens is 212 g/mol. The minimum Gasteiger partial charge on any atom is -0.497 e. The number of rotatable bonds is 1. The first kappa shape index (κ1) is 10.5. The van der Waals surface area contributed by atoms with Crippen LogP contribution in [0.2, 0.25) is 0 Å². The molecule has 0 bridgehead atoms. The molecule has 1 aromatic rings. The zero-order valence-corrected chi connectivity index (χ0v) is 10.0. The lowest BCUT2D eigenvalue weighted by Crippen LogP contribution is -2.05. The minimum atomic E-state index is 0.842. The number of methoxy groups -OCH3 is 1. The number of hydrogen-bond acceptors (Lipinski definition) is 2. The third kappa shape index (κ3) is 1.95. The molecule has 1 aliphatic heterocycles. The number of fused-ring (bicyclic) bond motifs is 2. The van der Waals surface area contributed by atoms with Crippen molar-refractivity contribution in [1.29, 1.82) is 0 Å². The summed E-state index contributed by atoms with van der Waals surface area (Å²) >= 11 is 0. The Labute approximate surface area is 102 Å². The van der Waals surface area contributed by atoms with Gasteiger partial charge in [-0.3, -0.25) is 0 Å². The molecule has 0 fully saturated rings. The summed E-state index contributed by atoms with van der Waals surface area (Å²) in [5, 5.41) is 0. The van der Waals surface area contributed by atoms with Gasteiger partial charge in [-0.15, -0.1) is 0 Å². The Morgan fingerprint density at radius 3 is 3.06 bits per heavy atom. The molecule has 0 atom stereocenters. The van der Waals surface area contributed by atoms with Crippen molar-refractivity contribution >= 4 is 6.08 Å². The molecule has 2 nitrogen and oxygen atoms in total. The van der Waals surface area contributed by atoms with Crippen molar-refractivity contribution < 1.29 is 9.47 Å². The molecule has 0 aromatic heterocycles. The van der Waals surface area contributed by atoms with Gasteiger partial charge in [0.15, 0.2) is 0 Å². The highest BCUT2D eigenvalue weighted by Crippen LogP contribution is 2.37. The molecule has 1 aromatic carbocycles. The molecule has 0 N–H and O–H groups in total. The highest BCUT2D eigenvalue weighted by atomic mass is 16.5. The Morgan fingerprint density at radius 2 is 2.18 bits per heavy atom. The van der Waals surface area contributed by atoms with E-state index in [1.807, 2.05) is 12.1 Å². The smallest absolute Gasteiger partial charge is 0.138 e. The van der Waals surface area contributed by atoms with Crippen molar-refractivity contribution in [3.8, 4) is 11.5 Å². The summed E-state index contributed by atoms with van der Waals surface area (Å²) in [5.74, 6) is 2.79. The van der Waals surface area contributed by atoms with Gasteiger partial charge >= 0.3 is 0 Å². The van der Waals surface area contributed by atoms with Gasteiger partial charge in [0.05, 0.1) is 7.11 Å². The molecule has 0 saturated heterocycles. The predicted molar refractivity (Wildman–Crippen MR) is 68.2 cm³/mol. The van der Waals surface area contributed by atoms with Crippen LogP contribution in [0, 0.1) is 0 Å². The summed E-state index contributed by atoms with van der Waals surface area (Å²) in [7, 11) is 1.68. The van der Waals surface area contributed by atoms with Crippen molar-refractivity contribution in [3.63, 3.8) is 0 Å². The first-order chi connectivity index (χ1) is 8.36. The quantitative estimate of drug-likeness (QED) is 0.725. The highest BCUT2D eigenvalue weighted by Gasteiger charge is 2.18. The Hall–Kier alpha value is -1.70. The second-order valence-electron chi connectivity index (χ2n) is 4.49. The van der Waals surface area contributed by atoms with Crippen LogP contribution in [-0.2, 0) is 0 Å². The van der Waals surface area contributed by atoms with Crippen molar-refractivity contribution in [2.24, 2.45) is 0 Å². The number of benzene rings is 1. The summed E-state index contributed by atoms with van der Waals surface area (Å²) in [5.41, 5.74) is 2.49. The van der Waals surface area contributed by atoms with Crippen LogP contribution >= 0.6 is 0 Å². The normalized spacial score (nSPS) is 17.9. The Balaban J connectivity index is 2.03. The first-order valence-electron chi connectivity index (χ1n) is 6.14. The van der Waals surface area contributed by atoms with Crippen LogP contribution in [-0.4, -0.2) is 7.11 Å². The van der Waals surface area contributed by atoms with Crippen LogP contribution in [0.1, 0.15) is 31.2 Å². The number of hydrogen-bond donors (Lipinski definition) is 0. The predicted octanol–water partition coefficient (Wildman–Crippen LogP) is 3.93. The number of allylic oxidation sites excluding steroid dienone is 2. The zero-order chi connectivity index (χ0) is 11.7. The topological polar surface area (TPSA) is 18.5 Å². The van der Waals surface area contributed by atoms with E-state index in [1.165, 1.54) is 18.4 Å². The van der Waals surface area contributed by atoms with E-state index in [-0.39, 0.29) is 0 Å². The monoisotopic (exact) mass is 228 g/mol. The van der Waals surface area contributed by atoms with Crippen LogP contribution < -0.4 is 9.47 Å². The molecule has 0 spiro atoms. The van der Waals surface area contributed by atoms with Gasteiger partial charge < -0.3 is 9.47 Å². The Bertz CT molecular complexity index is 498. The molecule has 1 aliphatic carbocycles. The van der Waals surface area contributed by atoms with E-state index < -0.39 is 0 Å². The van der Waals surface area contributed by atoms with Crippen molar-refractivity contribution in [1.82, 2.24) is 0 Å². The average Bonchev–Trinajstić information content (AvgIpc) is 2.60. The van der Waals surface area contributed by atoms with Gasteiger partial charge in [-0.05, 0) is 55.5 Å². The second kappa shape index (κ2) is 4.28. The fourth-order valence-corrected chi connectivity index (χ4v) is 2.35. The van der Waals surface area contributed by atoms with E-state index in [9.17, 15) is 0 Å². The van der Waals surface area contributed by atoms with Gasteiger partial charge in [0.1, 0.15) is 17.3 Å². The maximum atomic E-state index is 5.97. The van der Waals surface area contributed by atoms with Crippen molar-refractivity contribution in [2.45, 2.75) is 25.7 Å². The molecule has 0 unspecified atom stereocenters. The number of ether oxygens (including phenoxy) is 2. The SMILES string of the molecule is COc1ccc2c(c1)OC1=CCCCCC1=C2. The van der Waals surface area contributed by atoms with E-state index >= 15 is 0 Å². The lowest BCUT2D eigenvalue weighted by atomic mass is 10.0. The van der Waals surface area contributed by atoms with E-state index in [0.29, 0.717) is 0 Å².